The number of primary sulfonamides is 1. The molecule has 1 aromatic carbocycles. The monoisotopic (exact) mass is 267 g/mol. The van der Waals surface area contributed by atoms with Crippen molar-refractivity contribution in [3.63, 3.8) is 0 Å². The number of aromatic nitrogens is 2. The maximum absolute atomic E-state index is 11.3. The van der Waals surface area contributed by atoms with Gasteiger partial charge in [-0.2, -0.15) is 5.10 Å². The minimum atomic E-state index is -3.75. The first-order valence-electron chi connectivity index (χ1n) is 5.18. The van der Waals surface area contributed by atoms with Crippen LogP contribution in [0.15, 0.2) is 41.6 Å². The zero-order valence-corrected chi connectivity index (χ0v) is 10.6. The van der Waals surface area contributed by atoms with Crippen LogP contribution in [0, 0.1) is 0 Å². The Hall–Kier alpha value is -1.86. The van der Waals surface area contributed by atoms with Crippen LogP contribution in [-0.4, -0.2) is 25.3 Å². The summed E-state index contributed by atoms with van der Waals surface area (Å²) in [5.74, 6) is 0.742. The Morgan fingerprint density at radius 1 is 1.28 bits per heavy atom. The van der Waals surface area contributed by atoms with E-state index in [1.54, 1.807) is 19.2 Å². The van der Waals surface area contributed by atoms with E-state index in [2.05, 4.69) is 5.10 Å². The third kappa shape index (κ3) is 2.69. The van der Waals surface area contributed by atoms with Crippen LogP contribution in [0.1, 0.15) is 5.56 Å². The lowest BCUT2D eigenvalue weighted by molar-refractivity contribution is 0.414. The average Bonchev–Trinajstić information content (AvgIpc) is 2.78. The quantitative estimate of drug-likeness (QED) is 0.878. The number of sulfonamides is 1. The molecule has 0 fully saturated rings. The number of rotatable bonds is 4. The number of nitrogens with zero attached hydrogens (tertiary/aromatic N) is 2. The van der Waals surface area contributed by atoms with Crippen molar-refractivity contribution in [3.8, 4) is 5.75 Å². The molecule has 0 atom stereocenters. The highest BCUT2D eigenvalue weighted by atomic mass is 32.2. The molecule has 0 saturated heterocycles. The molecule has 6 nitrogen and oxygen atoms in total. The normalized spacial score (nSPS) is 11.4. The van der Waals surface area contributed by atoms with Crippen LogP contribution >= 0.6 is 0 Å². The fourth-order valence-electron chi connectivity index (χ4n) is 1.58. The van der Waals surface area contributed by atoms with Crippen molar-refractivity contribution < 1.29 is 13.2 Å². The lowest BCUT2D eigenvalue weighted by Gasteiger charge is -2.06. The maximum atomic E-state index is 11.3. The summed E-state index contributed by atoms with van der Waals surface area (Å²) in [6.07, 6.45) is 1.41. The van der Waals surface area contributed by atoms with Gasteiger partial charge in [-0.25, -0.2) is 18.2 Å². The van der Waals surface area contributed by atoms with Crippen LogP contribution in [0.3, 0.4) is 0 Å². The van der Waals surface area contributed by atoms with E-state index in [1.165, 1.54) is 16.9 Å². The number of nitrogens with two attached hydrogens (primary N) is 1. The van der Waals surface area contributed by atoms with Crippen LogP contribution in [-0.2, 0) is 16.6 Å². The van der Waals surface area contributed by atoms with E-state index in [0.29, 0.717) is 6.54 Å². The Morgan fingerprint density at radius 3 is 2.50 bits per heavy atom. The van der Waals surface area contributed by atoms with E-state index in [4.69, 9.17) is 9.88 Å². The Kier molecular flexibility index (Phi) is 3.35. The molecule has 0 bridgehead atoms. The third-order valence-electron chi connectivity index (χ3n) is 2.46. The zero-order chi connectivity index (χ0) is 13.2. The smallest absolute Gasteiger partial charge is 0.255 e. The lowest BCUT2D eigenvalue weighted by Crippen LogP contribution is -2.18. The summed E-state index contributed by atoms with van der Waals surface area (Å²) in [5, 5.41) is 9.04. The van der Waals surface area contributed by atoms with E-state index in [9.17, 15) is 8.42 Å². The molecule has 0 unspecified atom stereocenters. The van der Waals surface area contributed by atoms with Crippen LogP contribution in [0.5, 0.6) is 5.75 Å². The van der Waals surface area contributed by atoms with Crippen molar-refractivity contribution in [2.24, 2.45) is 5.14 Å². The summed E-state index contributed by atoms with van der Waals surface area (Å²) in [6.45, 7) is 0.336. The first-order valence-corrected chi connectivity index (χ1v) is 6.73. The summed E-state index contributed by atoms with van der Waals surface area (Å²) in [7, 11) is -2.16. The second kappa shape index (κ2) is 4.79. The highest BCUT2D eigenvalue weighted by molar-refractivity contribution is 7.89. The molecule has 2 N–H and O–H groups in total. The lowest BCUT2D eigenvalue weighted by atomic mass is 10.2. The molecule has 18 heavy (non-hydrogen) atoms. The molecule has 0 radical (unpaired) electrons. The molecular weight excluding hydrogens is 254 g/mol. The molecule has 2 rings (SSSR count). The minimum absolute atomic E-state index is 0.00156. The molecule has 1 aromatic heterocycles. The molecule has 0 aliphatic carbocycles. The Balaban J connectivity index is 2.26. The van der Waals surface area contributed by atoms with Gasteiger partial charge in [0.25, 0.3) is 10.0 Å². The molecule has 0 amide bonds. The molecule has 2 aromatic rings. The van der Waals surface area contributed by atoms with E-state index in [-0.39, 0.29) is 5.03 Å². The number of hydrogen-bond acceptors (Lipinski definition) is 4. The third-order valence-corrected chi connectivity index (χ3v) is 3.39. The standard InChI is InChI=1S/C11H13N3O3S/c1-17-10-4-2-9(3-5-10)8-14-11(6-7-13-14)18(12,15)16/h2-7H,8H2,1H3,(H2,12,15,16). The molecule has 1 heterocycles. The molecule has 96 valence electrons. The van der Waals surface area contributed by atoms with Crippen molar-refractivity contribution >= 4 is 10.0 Å². The van der Waals surface area contributed by atoms with Gasteiger partial charge in [0, 0.05) is 0 Å². The minimum Gasteiger partial charge on any atom is -0.497 e. The molecule has 0 spiro atoms. The highest BCUT2D eigenvalue weighted by Crippen LogP contribution is 2.14. The van der Waals surface area contributed by atoms with Gasteiger partial charge in [0.2, 0.25) is 0 Å². The summed E-state index contributed by atoms with van der Waals surface area (Å²) in [6, 6.07) is 8.66. The van der Waals surface area contributed by atoms with E-state index in [1.807, 2.05) is 12.1 Å². The second-order valence-electron chi connectivity index (χ2n) is 3.72. The second-order valence-corrected chi connectivity index (χ2v) is 5.23. The number of methoxy groups -OCH3 is 1. The maximum Gasteiger partial charge on any atom is 0.255 e. The summed E-state index contributed by atoms with van der Waals surface area (Å²) < 4.78 is 29.0. The Morgan fingerprint density at radius 2 is 1.94 bits per heavy atom. The summed E-state index contributed by atoms with van der Waals surface area (Å²) >= 11 is 0. The van der Waals surface area contributed by atoms with Crippen molar-refractivity contribution in [1.29, 1.82) is 0 Å². The Labute approximate surface area is 105 Å². The zero-order valence-electron chi connectivity index (χ0n) is 9.78. The summed E-state index contributed by atoms with van der Waals surface area (Å²) in [4.78, 5) is 0. The van der Waals surface area contributed by atoms with Gasteiger partial charge >= 0.3 is 0 Å². The van der Waals surface area contributed by atoms with Crippen molar-refractivity contribution in [3.05, 3.63) is 42.1 Å². The Bertz CT molecular complexity index is 632. The first kappa shape index (κ1) is 12.6. The molecule has 0 aliphatic heterocycles. The van der Waals surface area contributed by atoms with Crippen LogP contribution < -0.4 is 9.88 Å². The van der Waals surface area contributed by atoms with Gasteiger partial charge in [0.1, 0.15) is 5.75 Å². The number of ether oxygens (including phenoxy) is 1. The van der Waals surface area contributed by atoms with E-state index >= 15 is 0 Å². The van der Waals surface area contributed by atoms with Crippen LogP contribution in [0.25, 0.3) is 0 Å². The fourth-order valence-corrected chi connectivity index (χ4v) is 2.24. The highest BCUT2D eigenvalue weighted by Gasteiger charge is 2.14. The van der Waals surface area contributed by atoms with Gasteiger partial charge in [0.15, 0.2) is 5.03 Å². The van der Waals surface area contributed by atoms with Crippen molar-refractivity contribution in [1.82, 2.24) is 9.78 Å². The summed E-state index contributed by atoms with van der Waals surface area (Å²) in [5.41, 5.74) is 0.907. The van der Waals surface area contributed by atoms with E-state index < -0.39 is 10.0 Å². The predicted molar refractivity (Wildman–Crippen MR) is 65.7 cm³/mol. The first-order chi connectivity index (χ1) is 8.50. The van der Waals surface area contributed by atoms with Crippen molar-refractivity contribution in [2.45, 2.75) is 11.6 Å². The van der Waals surface area contributed by atoms with Gasteiger partial charge < -0.3 is 4.74 Å². The van der Waals surface area contributed by atoms with E-state index in [0.717, 1.165) is 11.3 Å². The van der Waals surface area contributed by atoms with Gasteiger partial charge in [-0.15, -0.1) is 0 Å². The SMILES string of the molecule is COc1ccc(Cn2nccc2S(N)(=O)=O)cc1. The van der Waals surface area contributed by atoms with Crippen LogP contribution in [0.4, 0.5) is 0 Å². The predicted octanol–water partition coefficient (Wildman–Crippen LogP) is 0.587. The molecular formula is C11H13N3O3S. The topological polar surface area (TPSA) is 87.2 Å². The average molecular weight is 267 g/mol. The van der Waals surface area contributed by atoms with Gasteiger partial charge in [-0.1, -0.05) is 12.1 Å². The number of benzene rings is 1. The fraction of sp³-hybridized carbons (Fsp3) is 0.182. The van der Waals surface area contributed by atoms with Crippen LogP contribution in [0.2, 0.25) is 0 Å². The van der Waals surface area contributed by atoms with Crippen molar-refractivity contribution in [2.75, 3.05) is 7.11 Å². The molecule has 7 heteroatoms. The molecule has 0 saturated carbocycles. The van der Waals surface area contributed by atoms with Gasteiger partial charge in [0.05, 0.1) is 19.9 Å². The van der Waals surface area contributed by atoms with Gasteiger partial charge in [-0.05, 0) is 23.8 Å². The largest absolute Gasteiger partial charge is 0.497 e. The molecule has 0 aliphatic rings. The van der Waals surface area contributed by atoms with Gasteiger partial charge in [-0.3, -0.25) is 0 Å². The number of hydrogen-bond donors (Lipinski definition) is 1.